The number of hydrogen-bond donors (Lipinski definition) is 0. The Morgan fingerprint density at radius 3 is 2.81 bits per heavy atom. The molecule has 0 N–H and O–H groups in total. The van der Waals surface area contributed by atoms with Crippen molar-refractivity contribution in [3.05, 3.63) is 22.4 Å². The van der Waals surface area contributed by atoms with E-state index in [0.717, 1.165) is 11.4 Å². The van der Waals surface area contributed by atoms with E-state index in [0.29, 0.717) is 5.78 Å². The van der Waals surface area contributed by atoms with Gasteiger partial charge in [-0.05, 0) is 37.4 Å². The second-order valence-corrected chi connectivity index (χ2v) is 5.55. The number of Topliss-reactive ketones (excluding diaryl/α,β-unsaturated/α-hetero) is 1. The van der Waals surface area contributed by atoms with Gasteiger partial charge in [-0.25, -0.2) is 0 Å². The summed E-state index contributed by atoms with van der Waals surface area (Å²) in [6.45, 7) is 5.32. The summed E-state index contributed by atoms with van der Waals surface area (Å²) in [7, 11) is 0. The average Bonchev–Trinajstić information content (AvgIpc) is 2.83. The zero-order valence-corrected chi connectivity index (χ0v) is 10.6. The Bertz CT molecular complexity index is 328. The third-order valence-corrected chi connectivity index (χ3v) is 4.08. The zero-order valence-electron chi connectivity index (χ0n) is 9.82. The summed E-state index contributed by atoms with van der Waals surface area (Å²) in [5.41, 5.74) is 0. The van der Waals surface area contributed by atoms with E-state index in [1.54, 1.807) is 11.3 Å². The molecule has 16 heavy (non-hydrogen) atoms. The lowest BCUT2D eigenvalue weighted by Gasteiger charge is -2.28. The van der Waals surface area contributed by atoms with Crippen molar-refractivity contribution in [3.8, 4) is 0 Å². The molecule has 2 heterocycles. The van der Waals surface area contributed by atoms with Crippen LogP contribution in [-0.2, 0) is 0 Å². The fourth-order valence-corrected chi connectivity index (χ4v) is 3.05. The van der Waals surface area contributed by atoms with E-state index in [2.05, 4.69) is 11.8 Å². The van der Waals surface area contributed by atoms with Crippen LogP contribution in [0.2, 0.25) is 0 Å². The molecule has 0 saturated carbocycles. The van der Waals surface area contributed by atoms with E-state index in [-0.39, 0.29) is 5.92 Å². The standard InChI is InChI=1S/C13H19NOS/c1-11(10-14-7-3-2-4-8-14)13(15)12-6-5-9-16-12/h5-6,9,11H,2-4,7-8,10H2,1H3. The first-order valence-electron chi connectivity index (χ1n) is 6.07. The highest BCUT2D eigenvalue weighted by atomic mass is 32.1. The molecule has 3 heteroatoms. The predicted molar refractivity (Wildman–Crippen MR) is 68.1 cm³/mol. The number of rotatable bonds is 4. The van der Waals surface area contributed by atoms with Crippen LogP contribution in [0.1, 0.15) is 35.9 Å². The van der Waals surface area contributed by atoms with Gasteiger partial charge in [-0.2, -0.15) is 0 Å². The number of hydrogen-bond acceptors (Lipinski definition) is 3. The minimum absolute atomic E-state index is 0.136. The minimum atomic E-state index is 0.136. The van der Waals surface area contributed by atoms with Crippen molar-refractivity contribution in [2.45, 2.75) is 26.2 Å². The Morgan fingerprint density at radius 2 is 2.19 bits per heavy atom. The molecule has 0 spiro atoms. The van der Waals surface area contributed by atoms with Crippen LogP contribution in [0.15, 0.2) is 17.5 Å². The molecule has 0 aromatic carbocycles. The van der Waals surface area contributed by atoms with Crippen LogP contribution >= 0.6 is 11.3 Å². The van der Waals surface area contributed by atoms with Gasteiger partial charge >= 0.3 is 0 Å². The Kier molecular flexibility index (Phi) is 4.13. The molecule has 2 rings (SSSR count). The van der Waals surface area contributed by atoms with Gasteiger partial charge in [-0.3, -0.25) is 4.79 Å². The van der Waals surface area contributed by atoms with Crippen molar-refractivity contribution in [3.63, 3.8) is 0 Å². The molecular weight excluding hydrogens is 218 g/mol. The quantitative estimate of drug-likeness (QED) is 0.750. The SMILES string of the molecule is CC(CN1CCCCC1)C(=O)c1cccs1. The lowest BCUT2D eigenvalue weighted by molar-refractivity contribution is 0.0888. The number of ketones is 1. The number of piperidine rings is 1. The molecule has 0 bridgehead atoms. The zero-order chi connectivity index (χ0) is 11.4. The van der Waals surface area contributed by atoms with Crippen LogP contribution in [0.4, 0.5) is 0 Å². The molecule has 1 aliphatic heterocycles. The molecule has 0 aliphatic carbocycles. The maximum Gasteiger partial charge on any atom is 0.176 e. The summed E-state index contributed by atoms with van der Waals surface area (Å²) in [5.74, 6) is 0.442. The lowest BCUT2D eigenvalue weighted by Crippen LogP contribution is -2.35. The van der Waals surface area contributed by atoms with E-state index in [9.17, 15) is 4.79 Å². The highest BCUT2D eigenvalue weighted by Gasteiger charge is 2.20. The molecule has 1 aromatic heterocycles. The normalized spacial score (nSPS) is 19.6. The van der Waals surface area contributed by atoms with E-state index in [1.807, 2.05) is 17.5 Å². The monoisotopic (exact) mass is 237 g/mol. The van der Waals surface area contributed by atoms with E-state index in [1.165, 1.54) is 32.4 Å². The summed E-state index contributed by atoms with van der Waals surface area (Å²) in [6, 6.07) is 3.88. The van der Waals surface area contributed by atoms with Gasteiger partial charge in [-0.1, -0.05) is 19.4 Å². The fourth-order valence-electron chi connectivity index (χ4n) is 2.27. The van der Waals surface area contributed by atoms with Crippen LogP contribution in [0.5, 0.6) is 0 Å². The van der Waals surface area contributed by atoms with Crippen LogP contribution in [0.25, 0.3) is 0 Å². The van der Waals surface area contributed by atoms with Crippen molar-refractivity contribution in [2.24, 2.45) is 5.92 Å². The molecule has 1 aromatic rings. The van der Waals surface area contributed by atoms with Crippen LogP contribution < -0.4 is 0 Å². The molecule has 1 aliphatic rings. The molecule has 0 radical (unpaired) electrons. The largest absolute Gasteiger partial charge is 0.303 e. The molecule has 1 unspecified atom stereocenters. The minimum Gasteiger partial charge on any atom is -0.303 e. The van der Waals surface area contributed by atoms with Crippen LogP contribution in [0, 0.1) is 5.92 Å². The summed E-state index contributed by atoms with van der Waals surface area (Å²) in [4.78, 5) is 15.4. The van der Waals surface area contributed by atoms with Gasteiger partial charge in [0.2, 0.25) is 0 Å². The van der Waals surface area contributed by atoms with Gasteiger partial charge in [0.15, 0.2) is 5.78 Å². The third-order valence-electron chi connectivity index (χ3n) is 3.19. The molecule has 1 fully saturated rings. The third kappa shape index (κ3) is 2.92. The van der Waals surface area contributed by atoms with Crippen molar-refractivity contribution in [1.29, 1.82) is 0 Å². The van der Waals surface area contributed by atoms with Gasteiger partial charge in [0, 0.05) is 12.5 Å². The van der Waals surface area contributed by atoms with Crippen molar-refractivity contribution in [2.75, 3.05) is 19.6 Å². The molecule has 2 nitrogen and oxygen atoms in total. The van der Waals surface area contributed by atoms with Crippen molar-refractivity contribution < 1.29 is 4.79 Å². The highest BCUT2D eigenvalue weighted by Crippen LogP contribution is 2.17. The molecule has 1 saturated heterocycles. The van der Waals surface area contributed by atoms with Crippen LogP contribution in [-0.4, -0.2) is 30.3 Å². The fraction of sp³-hybridized carbons (Fsp3) is 0.615. The Balaban J connectivity index is 1.87. The maximum absolute atomic E-state index is 12.1. The lowest BCUT2D eigenvalue weighted by atomic mass is 10.0. The summed E-state index contributed by atoms with van der Waals surface area (Å²) in [5, 5.41) is 1.97. The van der Waals surface area contributed by atoms with Gasteiger partial charge in [0.05, 0.1) is 4.88 Å². The summed E-state index contributed by atoms with van der Waals surface area (Å²) >= 11 is 1.55. The second kappa shape index (κ2) is 5.60. The maximum atomic E-state index is 12.1. The topological polar surface area (TPSA) is 20.3 Å². The number of carbonyl (C=O) groups excluding carboxylic acids is 1. The number of thiophene rings is 1. The van der Waals surface area contributed by atoms with Crippen molar-refractivity contribution in [1.82, 2.24) is 4.90 Å². The first-order valence-corrected chi connectivity index (χ1v) is 6.95. The van der Waals surface area contributed by atoms with E-state index >= 15 is 0 Å². The smallest absolute Gasteiger partial charge is 0.176 e. The summed E-state index contributed by atoms with van der Waals surface area (Å²) < 4.78 is 0. The number of carbonyl (C=O) groups is 1. The average molecular weight is 237 g/mol. The van der Waals surface area contributed by atoms with Gasteiger partial charge in [0.25, 0.3) is 0 Å². The molecule has 1 atom stereocenters. The molecular formula is C13H19NOS. The summed E-state index contributed by atoms with van der Waals surface area (Å²) in [6.07, 6.45) is 3.93. The Hall–Kier alpha value is -0.670. The number of nitrogens with zero attached hydrogens (tertiary/aromatic N) is 1. The van der Waals surface area contributed by atoms with Gasteiger partial charge < -0.3 is 4.90 Å². The Labute approximate surface area is 101 Å². The predicted octanol–water partition coefficient (Wildman–Crippen LogP) is 3.05. The van der Waals surface area contributed by atoms with Crippen molar-refractivity contribution >= 4 is 17.1 Å². The first-order chi connectivity index (χ1) is 7.77. The van der Waals surface area contributed by atoms with E-state index in [4.69, 9.17) is 0 Å². The second-order valence-electron chi connectivity index (χ2n) is 4.60. The highest BCUT2D eigenvalue weighted by molar-refractivity contribution is 7.12. The molecule has 88 valence electrons. The molecule has 0 amide bonds. The first kappa shape index (κ1) is 11.8. The van der Waals surface area contributed by atoms with E-state index < -0.39 is 0 Å². The van der Waals surface area contributed by atoms with Crippen LogP contribution in [0.3, 0.4) is 0 Å². The number of likely N-dealkylation sites (tertiary alicyclic amines) is 1. The Morgan fingerprint density at radius 1 is 1.44 bits per heavy atom. The van der Waals surface area contributed by atoms with Gasteiger partial charge in [-0.15, -0.1) is 11.3 Å². The van der Waals surface area contributed by atoms with Gasteiger partial charge in [0.1, 0.15) is 0 Å².